The fourth-order valence-electron chi connectivity index (χ4n) is 1.81. The van der Waals surface area contributed by atoms with Crippen LogP contribution in [0.5, 0.6) is 5.75 Å². The molecule has 0 atom stereocenters. The van der Waals surface area contributed by atoms with E-state index in [9.17, 15) is 10.1 Å². The number of aromatic amines is 1. The van der Waals surface area contributed by atoms with Crippen molar-refractivity contribution in [1.82, 2.24) is 9.97 Å². The van der Waals surface area contributed by atoms with Crippen LogP contribution in [0.1, 0.15) is 18.3 Å². The quantitative estimate of drug-likeness (QED) is 0.625. The maximum absolute atomic E-state index is 11.1. The molecular formula is C13H16N4O3. The second-order valence-electron chi connectivity index (χ2n) is 4.20. The standard InChI is InChI=1S/C13H16N4O3/c1-3-20-10-4-5-11(13(6-10)17(18)19)14-7-12-9(2)15-8-16-12/h4-6,8,14H,3,7H2,1-2H3,(H,15,16). The zero-order chi connectivity index (χ0) is 14.5. The molecule has 0 unspecified atom stereocenters. The predicted molar refractivity (Wildman–Crippen MR) is 74.9 cm³/mol. The largest absolute Gasteiger partial charge is 0.494 e. The molecule has 0 aliphatic heterocycles. The van der Waals surface area contributed by atoms with E-state index in [1.54, 1.807) is 18.5 Å². The number of aromatic nitrogens is 2. The Kier molecular flexibility index (Phi) is 4.19. The lowest BCUT2D eigenvalue weighted by Gasteiger charge is -2.08. The Hall–Kier alpha value is -2.57. The summed E-state index contributed by atoms with van der Waals surface area (Å²) >= 11 is 0. The van der Waals surface area contributed by atoms with Crippen LogP contribution in [0.4, 0.5) is 11.4 Å². The molecule has 0 aliphatic rings. The van der Waals surface area contributed by atoms with E-state index in [2.05, 4.69) is 15.3 Å². The van der Waals surface area contributed by atoms with E-state index in [0.717, 1.165) is 11.4 Å². The average Bonchev–Trinajstić information content (AvgIpc) is 2.83. The van der Waals surface area contributed by atoms with Gasteiger partial charge in [-0.05, 0) is 26.0 Å². The molecular weight excluding hydrogens is 260 g/mol. The van der Waals surface area contributed by atoms with Crippen molar-refractivity contribution >= 4 is 11.4 Å². The van der Waals surface area contributed by atoms with Crippen molar-refractivity contribution < 1.29 is 9.66 Å². The maximum Gasteiger partial charge on any atom is 0.296 e. The Bertz CT molecular complexity index is 609. The number of nitro benzene ring substituents is 1. The number of nitrogens with zero attached hydrogens (tertiary/aromatic N) is 2. The lowest BCUT2D eigenvalue weighted by molar-refractivity contribution is -0.384. The third-order valence-corrected chi connectivity index (χ3v) is 2.86. The predicted octanol–water partition coefficient (Wildman–Crippen LogP) is 2.64. The van der Waals surface area contributed by atoms with Gasteiger partial charge in [-0.1, -0.05) is 0 Å². The van der Waals surface area contributed by atoms with Crippen molar-refractivity contribution in [3.05, 3.63) is 46.0 Å². The average molecular weight is 276 g/mol. The first-order chi connectivity index (χ1) is 9.61. The molecule has 7 heteroatoms. The van der Waals surface area contributed by atoms with Crippen molar-refractivity contribution in [2.24, 2.45) is 0 Å². The summed E-state index contributed by atoms with van der Waals surface area (Å²) in [5.74, 6) is 0.487. The highest BCUT2D eigenvalue weighted by Crippen LogP contribution is 2.29. The zero-order valence-electron chi connectivity index (χ0n) is 11.3. The van der Waals surface area contributed by atoms with E-state index in [0.29, 0.717) is 24.6 Å². The lowest BCUT2D eigenvalue weighted by atomic mass is 10.2. The van der Waals surface area contributed by atoms with Crippen LogP contribution in [0, 0.1) is 17.0 Å². The number of imidazole rings is 1. The van der Waals surface area contributed by atoms with Crippen LogP contribution in [-0.4, -0.2) is 21.5 Å². The summed E-state index contributed by atoms with van der Waals surface area (Å²) in [5, 5.41) is 14.1. The minimum atomic E-state index is -0.428. The van der Waals surface area contributed by atoms with Gasteiger partial charge in [0, 0.05) is 5.69 Å². The number of ether oxygens (including phenoxy) is 1. The Morgan fingerprint density at radius 1 is 1.50 bits per heavy atom. The number of anilines is 1. The van der Waals surface area contributed by atoms with Crippen LogP contribution in [-0.2, 0) is 6.54 Å². The highest BCUT2D eigenvalue weighted by atomic mass is 16.6. The van der Waals surface area contributed by atoms with E-state index < -0.39 is 4.92 Å². The van der Waals surface area contributed by atoms with Gasteiger partial charge in [0.1, 0.15) is 11.4 Å². The first kappa shape index (κ1) is 13.9. The first-order valence-electron chi connectivity index (χ1n) is 6.25. The zero-order valence-corrected chi connectivity index (χ0v) is 11.3. The van der Waals surface area contributed by atoms with Gasteiger partial charge in [0.05, 0.1) is 36.2 Å². The number of nitrogens with one attached hydrogen (secondary N) is 2. The number of H-pyrrole nitrogens is 1. The molecule has 0 aliphatic carbocycles. The minimum Gasteiger partial charge on any atom is -0.494 e. The van der Waals surface area contributed by atoms with Gasteiger partial charge in [0.15, 0.2) is 0 Å². The number of hydrogen-bond acceptors (Lipinski definition) is 5. The van der Waals surface area contributed by atoms with Gasteiger partial charge in [-0.3, -0.25) is 10.1 Å². The first-order valence-corrected chi connectivity index (χ1v) is 6.25. The maximum atomic E-state index is 11.1. The molecule has 0 fully saturated rings. The smallest absolute Gasteiger partial charge is 0.296 e. The molecule has 0 radical (unpaired) electrons. The third-order valence-electron chi connectivity index (χ3n) is 2.86. The van der Waals surface area contributed by atoms with E-state index >= 15 is 0 Å². The van der Waals surface area contributed by atoms with Crippen LogP contribution in [0.2, 0.25) is 0 Å². The third kappa shape index (κ3) is 3.05. The molecule has 0 spiro atoms. The van der Waals surface area contributed by atoms with Crippen molar-refractivity contribution in [2.75, 3.05) is 11.9 Å². The SMILES string of the molecule is CCOc1ccc(NCc2nc[nH]c2C)c([N+](=O)[O-])c1. The summed E-state index contributed by atoms with van der Waals surface area (Å²) in [6.45, 7) is 4.62. The Balaban J connectivity index is 2.18. The topological polar surface area (TPSA) is 93.1 Å². The second kappa shape index (κ2) is 6.05. The Morgan fingerprint density at radius 2 is 2.30 bits per heavy atom. The molecule has 1 aromatic carbocycles. The number of rotatable bonds is 6. The van der Waals surface area contributed by atoms with E-state index in [-0.39, 0.29) is 5.69 Å². The van der Waals surface area contributed by atoms with Crippen LogP contribution < -0.4 is 10.1 Å². The summed E-state index contributed by atoms with van der Waals surface area (Å²) in [6.07, 6.45) is 1.60. The molecule has 106 valence electrons. The van der Waals surface area contributed by atoms with E-state index in [1.165, 1.54) is 6.07 Å². The minimum absolute atomic E-state index is 0.0101. The molecule has 0 amide bonds. The van der Waals surface area contributed by atoms with Crippen LogP contribution in [0.25, 0.3) is 0 Å². The highest BCUT2D eigenvalue weighted by Gasteiger charge is 2.15. The number of aryl methyl sites for hydroxylation is 1. The second-order valence-corrected chi connectivity index (χ2v) is 4.20. The fraction of sp³-hybridized carbons (Fsp3) is 0.308. The van der Waals surface area contributed by atoms with Crippen LogP contribution >= 0.6 is 0 Å². The molecule has 0 saturated heterocycles. The lowest BCUT2D eigenvalue weighted by Crippen LogP contribution is -2.04. The highest BCUT2D eigenvalue weighted by molar-refractivity contribution is 5.63. The van der Waals surface area contributed by atoms with Crippen LogP contribution in [0.15, 0.2) is 24.5 Å². The molecule has 0 bridgehead atoms. The van der Waals surface area contributed by atoms with E-state index in [1.807, 2.05) is 13.8 Å². The normalized spacial score (nSPS) is 10.3. The molecule has 1 aromatic heterocycles. The molecule has 2 N–H and O–H groups in total. The van der Waals surface area contributed by atoms with E-state index in [4.69, 9.17) is 4.74 Å². The fourth-order valence-corrected chi connectivity index (χ4v) is 1.81. The number of nitro groups is 1. The molecule has 1 heterocycles. The van der Waals surface area contributed by atoms with Gasteiger partial charge in [0.25, 0.3) is 5.69 Å². The van der Waals surface area contributed by atoms with Crippen molar-refractivity contribution in [1.29, 1.82) is 0 Å². The Labute approximate surface area is 116 Å². The number of hydrogen-bond donors (Lipinski definition) is 2. The molecule has 0 saturated carbocycles. The summed E-state index contributed by atoms with van der Waals surface area (Å²) in [6, 6.07) is 4.77. The van der Waals surface area contributed by atoms with Gasteiger partial charge in [-0.25, -0.2) is 4.98 Å². The van der Waals surface area contributed by atoms with Crippen molar-refractivity contribution in [2.45, 2.75) is 20.4 Å². The van der Waals surface area contributed by atoms with Crippen molar-refractivity contribution in [3.8, 4) is 5.75 Å². The summed E-state index contributed by atoms with van der Waals surface area (Å²) in [7, 11) is 0. The van der Waals surface area contributed by atoms with Gasteiger partial charge >= 0.3 is 0 Å². The molecule has 7 nitrogen and oxygen atoms in total. The summed E-state index contributed by atoms with van der Waals surface area (Å²) in [5.41, 5.74) is 2.20. The summed E-state index contributed by atoms with van der Waals surface area (Å²) < 4.78 is 5.27. The van der Waals surface area contributed by atoms with Gasteiger partial charge in [-0.2, -0.15) is 0 Å². The molecule has 2 aromatic rings. The van der Waals surface area contributed by atoms with Gasteiger partial charge < -0.3 is 15.0 Å². The molecule has 20 heavy (non-hydrogen) atoms. The van der Waals surface area contributed by atoms with Gasteiger partial charge in [-0.15, -0.1) is 0 Å². The monoisotopic (exact) mass is 276 g/mol. The van der Waals surface area contributed by atoms with Crippen LogP contribution in [0.3, 0.4) is 0 Å². The van der Waals surface area contributed by atoms with Gasteiger partial charge in [0.2, 0.25) is 0 Å². The summed E-state index contributed by atoms with van der Waals surface area (Å²) in [4.78, 5) is 17.8. The Morgan fingerprint density at radius 3 is 2.90 bits per heavy atom. The van der Waals surface area contributed by atoms with Crippen molar-refractivity contribution in [3.63, 3.8) is 0 Å². The number of benzene rings is 1. The molecule has 2 rings (SSSR count).